The third-order valence-corrected chi connectivity index (χ3v) is 4.17. The van der Waals surface area contributed by atoms with Crippen LogP contribution in [0.15, 0.2) is 36.4 Å². The molecule has 3 aromatic rings. The number of hydrogen-bond donors (Lipinski definition) is 2. The third kappa shape index (κ3) is 4.41. The largest absolute Gasteiger partial charge is 0.573 e. The fourth-order valence-corrected chi connectivity index (χ4v) is 2.92. The zero-order chi connectivity index (χ0) is 20.5. The Bertz CT molecular complexity index is 1030. The van der Waals surface area contributed by atoms with E-state index in [0.717, 1.165) is 23.9 Å². The number of aromatic amines is 1. The van der Waals surface area contributed by atoms with Crippen LogP contribution in [0.5, 0.6) is 5.75 Å². The third-order valence-electron chi connectivity index (χ3n) is 4.17. The Morgan fingerprint density at radius 1 is 1.11 bits per heavy atom. The van der Waals surface area contributed by atoms with E-state index >= 15 is 0 Å². The van der Waals surface area contributed by atoms with Gasteiger partial charge in [-0.15, -0.1) is 13.2 Å². The molecule has 0 aliphatic rings. The molecule has 148 valence electrons. The smallest absolute Gasteiger partial charge is 0.406 e. The fraction of sp³-hybridized carbons (Fsp3) is 0.211. The van der Waals surface area contributed by atoms with Crippen molar-refractivity contribution in [2.45, 2.75) is 19.7 Å². The van der Waals surface area contributed by atoms with Gasteiger partial charge >= 0.3 is 6.36 Å². The van der Waals surface area contributed by atoms with Gasteiger partial charge in [-0.1, -0.05) is 0 Å². The van der Waals surface area contributed by atoms with E-state index in [1.807, 2.05) is 0 Å². The molecule has 0 aliphatic heterocycles. The summed E-state index contributed by atoms with van der Waals surface area (Å²) in [4.78, 5) is 15.1. The number of benzene rings is 2. The van der Waals surface area contributed by atoms with E-state index in [1.54, 1.807) is 6.92 Å². The molecule has 0 fully saturated rings. The van der Waals surface area contributed by atoms with Crippen molar-refractivity contribution in [3.63, 3.8) is 0 Å². The molecule has 0 saturated heterocycles. The molecule has 0 bridgehead atoms. The van der Waals surface area contributed by atoms with Gasteiger partial charge in [-0.05, 0) is 55.3 Å². The topological polar surface area (TPSA) is 54.1 Å². The molecule has 2 aromatic carbocycles. The predicted octanol–water partition coefficient (Wildman–Crippen LogP) is 4.63. The quantitative estimate of drug-likeness (QED) is 0.616. The molecule has 0 radical (unpaired) electrons. The standard InChI is InChI=1S/C19H15F5N2O2/c1-10-13(6-7-25-18(27)11-2-4-15(20)16(21)8-11)14-9-12(28-19(22,23)24)3-5-17(14)26-10/h2-5,8-9,26H,6-7H2,1H3,(H,25,27). The molecule has 3 rings (SSSR count). The van der Waals surface area contributed by atoms with Gasteiger partial charge in [0.25, 0.3) is 5.91 Å². The summed E-state index contributed by atoms with van der Waals surface area (Å²) in [5.74, 6) is -3.11. The molecule has 0 aliphatic carbocycles. The normalized spacial score (nSPS) is 11.6. The average molecular weight is 398 g/mol. The van der Waals surface area contributed by atoms with Gasteiger partial charge in [-0.3, -0.25) is 4.79 Å². The zero-order valence-electron chi connectivity index (χ0n) is 14.6. The first kappa shape index (κ1) is 19.7. The summed E-state index contributed by atoms with van der Waals surface area (Å²) in [7, 11) is 0. The lowest BCUT2D eigenvalue weighted by molar-refractivity contribution is -0.274. The number of carbonyl (C=O) groups is 1. The lowest BCUT2D eigenvalue weighted by Crippen LogP contribution is -2.26. The van der Waals surface area contributed by atoms with E-state index in [0.29, 0.717) is 22.9 Å². The van der Waals surface area contributed by atoms with E-state index in [1.165, 1.54) is 18.2 Å². The Hall–Kier alpha value is -3.10. The van der Waals surface area contributed by atoms with Crippen LogP contribution in [0.25, 0.3) is 10.9 Å². The van der Waals surface area contributed by atoms with Crippen molar-refractivity contribution < 1.29 is 31.5 Å². The van der Waals surface area contributed by atoms with E-state index in [2.05, 4.69) is 15.0 Å². The van der Waals surface area contributed by atoms with Gasteiger partial charge < -0.3 is 15.0 Å². The second-order valence-electron chi connectivity index (χ2n) is 6.12. The Labute approximate surface area is 156 Å². The number of amides is 1. The van der Waals surface area contributed by atoms with Crippen LogP contribution in [0.3, 0.4) is 0 Å². The zero-order valence-corrected chi connectivity index (χ0v) is 14.6. The molecule has 28 heavy (non-hydrogen) atoms. The number of aryl methyl sites for hydroxylation is 1. The molecular weight excluding hydrogens is 383 g/mol. The number of carbonyl (C=O) groups excluding carboxylic acids is 1. The summed E-state index contributed by atoms with van der Waals surface area (Å²) >= 11 is 0. The first-order valence-corrected chi connectivity index (χ1v) is 8.24. The maximum atomic E-state index is 13.2. The van der Waals surface area contributed by atoms with Crippen LogP contribution in [0.4, 0.5) is 22.0 Å². The molecule has 0 unspecified atom stereocenters. The number of rotatable bonds is 5. The van der Waals surface area contributed by atoms with Crippen molar-refractivity contribution in [3.05, 3.63) is 64.9 Å². The van der Waals surface area contributed by atoms with Crippen molar-refractivity contribution in [1.29, 1.82) is 0 Å². The number of hydrogen-bond acceptors (Lipinski definition) is 2. The van der Waals surface area contributed by atoms with Gasteiger partial charge in [0, 0.05) is 28.7 Å². The molecule has 1 heterocycles. The number of aromatic nitrogens is 1. The maximum absolute atomic E-state index is 13.2. The van der Waals surface area contributed by atoms with Crippen LogP contribution < -0.4 is 10.1 Å². The van der Waals surface area contributed by atoms with E-state index in [4.69, 9.17) is 0 Å². The second-order valence-corrected chi connectivity index (χ2v) is 6.12. The van der Waals surface area contributed by atoms with E-state index in [9.17, 15) is 26.7 Å². The van der Waals surface area contributed by atoms with Crippen LogP contribution in [0, 0.1) is 18.6 Å². The van der Waals surface area contributed by atoms with Crippen LogP contribution in [-0.4, -0.2) is 23.8 Å². The maximum Gasteiger partial charge on any atom is 0.573 e. The van der Waals surface area contributed by atoms with Gasteiger partial charge in [0.15, 0.2) is 11.6 Å². The molecule has 9 heteroatoms. The minimum Gasteiger partial charge on any atom is -0.406 e. The summed E-state index contributed by atoms with van der Waals surface area (Å²) in [6.07, 6.45) is -4.48. The lowest BCUT2D eigenvalue weighted by atomic mass is 10.1. The summed E-state index contributed by atoms with van der Waals surface area (Å²) in [6, 6.07) is 6.77. The minimum absolute atomic E-state index is 0.0320. The van der Waals surface area contributed by atoms with Gasteiger partial charge in [-0.2, -0.15) is 0 Å². The highest BCUT2D eigenvalue weighted by Gasteiger charge is 2.31. The molecule has 1 amide bonds. The van der Waals surface area contributed by atoms with Crippen LogP contribution in [-0.2, 0) is 6.42 Å². The molecule has 0 spiro atoms. The van der Waals surface area contributed by atoms with Gasteiger partial charge in [0.1, 0.15) is 5.75 Å². The molecule has 4 nitrogen and oxygen atoms in total. The molecular formula is C19H15F5N2O2. The first-order chi connectivity index (χ1) is 13.1. The highest BCUT2D eigenvalue weighted by Crippen LogP contribution is 2.29. The van der Waals surface area contributed by atoms with Crippen molar-refractivity contribution in [1.82, 2.24) is 10.3 Å². The van der Waals surface area contributed by atoms with Gasteiger partial charge in [-0.25, -0.2) is 8.78 Å². The Morgan fingerprint density at radius 2 is 1.86 bits per heavy atom. The highest BCUT2D eigenvalue weighted by atomic mass is 19.4. The lowest BCUT2D eigenvalue weighted by Gasteiger charge is -2.09. The fourth-order valence-electron chi connectivity index (χ4n) is 2.92. The Morgan fingerprint density at radius 3 is 2.54 bits per heavy atom. The number of alkyl halides is 3. The van der Waals surface area contributed by atoms with Gasteiger partial charge in [0.05, 0.1) is 0 Å². The second kappa shape index (κ2) is 7.49. The summed E-state index contributed by atoms with van der Waals surface area (Å²) in [5.41, 5.74) is 2.05. The summed E-state index contributed by atoms with van der Waals surface area (Å²) in [5, 5.41) is 3.12. The average Bonchev–Trinajstić information content (AvgIpc) is 2.91. The Kier molecular flexibility index (Phi) is 5.26. The van der Waals surface area contributed by atoms with Gasteiger partial charge in [0.2, 0.25) is 0 Å². The SMILES string of the molecule is Cc1[nH]c2ccc(OC(F)(F)F)cc2c1CCNC(=O)c1ccc(F)c(F)c1. The van der Waals surface area contributed by atoms with Crippen molar-refractivity contribution in [2.75, 3.05) is 6.54 Å². The van der Waals surface area contributed by atoms with Crippen molar-refractivity contribution in [3.8, 4) is 5.75 Å². The van der Waals surface area contributed by atoms with Crippen LogP contribution in [0.1, 0.15) is 21.6 Å². The number of halogens is 5. The number of ether oxygens (including phenoxy) is 1. The first-order valence-electron chi connectivity index (χ1n) is 8.24. The predicted molar refractivity (Wildman–Crippen MR) is 92.1 cm³/mol. The molecule has 0 atom stereocenters. The van der Waals surface area contributed by atoms with Crippen molar-refractivity contribution in [2.24, 2.45) is 0 Å². The molecule has 1 aromatic heterocycles. The summed E-state index contributed by atoms with van der Waals surface area (Å²) in [6.45, 7) is 1.91. The number of fused-ring (bicyclic) bond motifs is 1. The molecule has 0 saturated carbocycles. The number of nitrogens with one attached hydrogen (secondary N) is 2. The minimum atomic E-state index is -4.79. The molecule has 2 N–H and O–H groups in total. The van der Waals surface area contributed by atoms with Crippen molar-refractivity contribution >= 4 is 16.8 Å². The van der Waals surface area contributed by atoms with E-state index in [-0.39, 0.29) is 17.9 Å². The Balaban J connectivity index is 1.72. The highest BCUT2D eigenvalue weighted by molar-refractivity contribution is 5.94. The van der Waals surface area contributed by atoms with Crippen LogP contribution in [0.2, 0.25) is 0 Å². The number of H-pyrrole nitrogens is 1. The van der Waals surface area contributed by atoms with E-state index < -0.39 is 23.9 Å². The van der Waals surface area contributed by atoms with Crippen LogP contribution >= 0.6 is 0 Å². The monoisotopic (exact) mass is 398 g/mol. The summed E-state index contributed by atoms with van der Waals surface area (Å²) < 4.78 is 67.4.